The van der Waals surface area contributed by atoms with E-state index in [-0.39, 0.29) is 16.9 Å². The maximum Gasteiger partial charge on any atom is 0.335 e. The molecule has 0 saturated heterocycles. The highest BCUT2D eigenvalue weighted by molar-refractivity contribution is 5.89. The number of pyridine rings is 1. The molecule has 0 aliphatic rings. The predicted octanol–water partition coefficient (Wildman–Crippen LogP) is 2.95. The van der Waals surface area contributed by atoms with Crippen molar-refractivity contribution in [2.75, 3.05) is 5.73 Å². The van der Waals surface area contributed by atoms with Gasteiger partial charge in [0.25, 0.3) is 0 Å². The largest absolute Gasteiger partial charge is 0.478 e. The Morgan fingerprint density at radius 2 is 2.19 bits per heavy atom. The summed E-state index contributed by atoms with van der Waals surface area (Å²) >= 11 is 0. The van der Waals surface area contributed by atoms with E-state index in [4.69, 9.17) is 5.73 Å². The Labute approximate surface area is 149 Å². The molecule has 2 aromatic heterocycles. The lowest BCUT2D eigenvalue weighted by Gasteiger charge is -2.09. The van der Waals surface area contributed by atoms with Crippen molar-refractivity contribution in [1.29, 1.82) is 5.26 Å². The summed E-state index contributed by atoms with van der Waals surface area (Å²) in [6.45, 7) is 4.21. The second-order valence-electron chi connectivity index (χ2n) is 5.55. The van der Waals surface area contributed by atoms with E-state index in [9.17, 15) is 15.2 Å². The summed E-state index contributed by atoms with van der Waals surface area (Å²) in [5.41, 5.74) is 8.76. The first kappa shape index (κ1) is 16.9. The molecule has 0 aliphatic carbocycles. The molecule has 128 valence electrons. The van der Waals surface area contributed by atoms with Crippen LogP contribution in [0.25, 0.3) is 22.4 Å². The number of anilines is 1. The Kier molecular flexibility index (Phi) is 4.50. The van der Waals surface area contributed by atoms with Crippen LogP contribution in [0.4, 0.5) is 5.82 Å². The van der Waals surface area contributed by atoms with E-state index in [0.29, 0.717) is 28.9 Å². The van der Waals surface area contributed by atoms with Gasteiger partial charge in [0.05, 0.1) is 24.0 Å². The van der Waals surface area contributed by atoms with Crippen LogP contribution in [0.15, 0.2) is 55.4 Å². The summed E-state index contributed by atoms with van der Waals surface area (Å²) in [4.78, 5) is 15.5. The topological polar surface area (TPSA) is 118 Å². The summed E-state index contributed by atoms with van der Waals surface area (Å²) in [5.74, 6) is -0.948. The molecule has 0 aliphatic heterocycles. The van der Waals surface area contributed by atoms with Crippen LogP contribution >= 0.6 is 0 Å². The molecule has 7 nitrogen and oxygen atoms in total. The Morgan fingerprint density at radius 3 is 2.88 bits per heavy atom. The highest BCUT2D eigenvalue weighted by Gasteiger charge is 2.15. The number of allylic oxidation sites excluding steroid dienone is 1. The molecule has 0 saturated carbocycles. The van der Waals surface area contributed by atoms with Gasteiger partial charge in [-0.3, -0.25) is 4.68 Å². The van der Waals surface area contributed by atoms with Gasteiger partial charge in [-0.25, -0.2) is 9.78 Å². The van der Waals surface area contributed by atoms with Gasteiger partial charge in [0.15, 0.2) is 0 Å². The molecular formula is C19H15N5O2. The number of carboxylic acid groups (broad SMARTS) is 1. The minimum Gasteiger partial charge on any atom is -0.478 e. The molecule has 0 amide bonds. The SMILES string of the molecule is C=CCn1cc(-c2cc(-c3cccc(C(=O)O)c3)nc(N)c2C#N)cn1. The smallest absolute Gasteiger partial charge is 0.335 e. The Balaban J connectivity index is 2.16. The average Bonchev–Trinajstić information content (AvgIpc) is 3.10. The van der Waals surface area contributed by atoms with Crippen molar-refractivity contribution in [2.24, 2.45) is 0 Å². The van der Waals surface area contributed by atoms with Crippen molar-refractivity contribution in [2.45, 2.75) is 6.54 Å². The van der Waals surface area contributed by atoms with Crippen molar-refractivity contribution in [1.82, 2.24) is 14.8 Å². The Hall–Kier alpha value is -3.92. The third-order valence-electron chi connectivity index (χ3n) is 3.82. The second kappa shape index (κ2) is 6.91. The Morgan fingerprint density at radius 1 is 1.38 bits per heavy atom. The van der Waals surface area contributed by atoms with Gasteiger partial charge in [-0.2, -0.15) is 10.4 Å². The molecular weight excluding hydrogens is 330 g/mol. The number of nitrogens with zero attached hydrogens (tertiary/aromatic N) is 4. The van der Waals surface area contributed by atoms with Gasteiger partial charge in [0, 0.05) is 22.9 Å². The van der Waals surface area contributed by atoms with Crippen molar-refractivity contribution in [3.8, 4) is 28.5 Å². The quantitative estimate of drug-likeness (QED) is 0.686. The molecule has 26 heavy (non-hydrogen) atoms. The third-order valence-corrected chi connectivity index (χ3v) is 3.82. The van der Waals surface area contributed by atoms with Crippen molar-refractivity contribution in [3.05, 3.63) is 66.5 Å². The molecule has 0 radical (unpaired) electrons. The lowest BCUT2D eigenvalue weighted by Crippen LogP contribution is -2.01. The van der Waals surface area contributed by atoms with E-state index in [1.165, 1.54) is 12.1 Å². The Bertz CT molecular complexity index is 1050. The molecule has 0 fully saturated rings. The lowest BCUT2D eigenvalue weighted by molar-refractivity contribution is 0.0697. The minimum atomic E-state index is -1.03. The van der Waals surface area contributed by atoms with Crippen molar-refractivity contribution >= 4 is 11.8 Å². The summed E-state index contributed by atoms with van der Waals surface area (Å²) in [7, 11) is 0. The van der Waals surface area contributed by atoms with Crippen LogP contribution in [0, 0.1) is 11.3 Å². The van der Waals surface area contributed by atoms with E-state index in [2.05, 4.69) is 22.7 Å². The highest BCUT2D eigenvalue weighted by Crippen LogP contribution is 2.31. The molecule has 3 N–H and O–H groups in total. The van der Waals surface area contributed by atoms with Crippen LogP contribution in [0.2, 0.25) is 0 Å². The summed E-state index contributed by atoms with van der Waals surface area (Å²) < 4.78 is 1.69. The fraction of sp³-hybridized carbons (Fsp3) is 0.0526. The number of hydrogen-bond acceptors (Lipinski definition) is 5. The van der Waals surface area contributed by atoms with E-state index < -0.39 is 5.97 Å². The number of nitrogens with two attached hydrogens (primary N) is 1. The summed E-state index contributed by atoms with van der Waals surface area (Å²) in [6, 6.07) is 10.2. The number of benzene rings is 1. The molecule has 2 heterocycles. The first-order valence-electron chi connectivity index (χ1n) is 7.71. The maximum atomic E-state index is 11.2. The van der Waals surface area contributed by atoms with E-state index in [1.807, 2.05) is 0 Å². The van der Waals surface area contributed by atoms with Crippen LogP contribution in [0.5, 0.6) is 0 Å². The number of nitrogen functional groups attached to an aromatic ring is 1. The number of nitriles is 1. The zero-order chi connectivity index (χ0) is 18.7. The van der Waals surface area contributed by atoms with Crippen LogP contribution in [-0.2, 0) is 6.54 Å². The van der Waals surface area contributed by atoms with Gasteiger partial charge < -0.3 is 10.8 Å². The van der Waals surface area contributed by atoms with Gasteiger partial charge in [0.1, 0.15) is 17.5 Å². The van der Waals surface area contributed by atoms with Gasteiger partial charge in [-0.1, -0.05) is 18.2 Å². The molecule has 3 aromatic rings. The molecule has 1 aromatic carbocycles. The molecule has 0 bridgehead atoms. The van der Waals surface area contributed by atoms with Crippen LogP contribution in [-0.4, -0.2) is 25.8 Å². The van der Waals surface area contributed by atoms with Crippen LogP contribution in [0.1, 0.15) is 15.9 Å². The highest BCUT2D eigenvalue weighted by atomic mass is 16.4. The molecule has 0 spiro atoms. The molecule has 0 atom stereocenters. The number of hydrogen-bond donors (Lipinski definition) is 2. The van der Waals surface area contributed by atoms with E-state index in [0.717, 1.165) is 0 Å². The predicted molar refractivity (Wildman–Crippen MR) is 97.2 cm³/mol. The minimum absolute atomic E-state index is 0.0807. The zero-order valence-corrected chi connectivity index (χ0v) is 13.8. The van der Waals surface area contributed by atoms with Crippen molar-refractivity contribution < 1.29 is 9.90 Å². The first-order chi connectivity index (χ1) is 12.5. The third kappa shape index (κ3) is 3.16. The lowest BCUT2D eigenvalue weighted by atomic mass is 10.00. The fourth-order valence-electron chi connectivity index (χ4n) is 2.60. The van der Waals surface area contributed by atoms with Gasteiger partial charge >= 0.3 is 5.97 Å². The average molecular weight is 345 g/mol. The van der Waals surface area contributed by atoms with E-state index in [1.54, 1.807) is 41.4 Å². The van der Waals surface area contributed by atoms with Gasteiger partial charge in [0.2, 0.25) is 0 Å². The number of carboxylic acids is 1. The molecule has 3 rings (SSSR count). The van der Waals surface area contributed by atoms with Crippen LogP contribution < -0.4 is 5.73 Å². The number of aromatic nitrogens is 3. The van der Waals surface area contributed by atoms with Gasteiger partial charge in [-0.15, -0.1) is 6.58 Å². The molecule has 7 heteroatoms. The monoisotopic (exact) mass is 345 g/mol. The van der Waals surface area contributed by atoms with Crippen molar-refractivity contribution in [3.63, 3.8) is 0 Å². The fourth-order valence-corrected chi connectivity index (χ4v) is 2.60. The summed E-state index contributed by atoms with van der Waals surface area (Å²) in [6.07, 6.45) is 5.14. The van der Waals surface area contributed by atoms with Gasteiger partial charge in [-0.05, 0) is 18.2 Å². The first-order valence-corrected chi connectivity index (χ1v) is 7.71. The number of aromatic carboxylic acids is 1. The number of rotatable bonds is 5. The number of carbonyl (C=O) groups is 1. The summed E-state index contributed by atoms with van der Waals surface area (Å²) in [5, 5.41) is 22.9. The molecule has 0 unspecified atom stereocenters. The second-order valence-corrected chi connectivity index (χ2v) is 5.55. The zero-order valence-electron chi connectivity index (χ0n) is 13.8. The maximum absolute atomic E-state index is 11.2. The van der Waals surface area contributed by atoms with Crippen LogP contribution in [0.3, 0.4) is 0 Å². The normalized spacial score (nSPS) is 10.3. The standard InChI is InChI=1S/C19H15N5O2/c1-2-6-24-11-14(10-22-24)15-8-17(23-18(21)16(15)9-20)12-4-3-5-13(7-12)19(25)26/h2-5,7-8,10-11H,1,6H2,(H2,21,23)(H,25,26). The van der Waals surface area contributed by atoms with E-state index >= 15 is 0 Å².